The van der Waals surface area contributed by atoms with Gasteiger partial charge in [0, 0.05) is 24.4 Å². The van der Waals surface area contributed by atoms with Crippen molar-refractivity contribution in [1.29, 1.82) is 0 Å². The molecule has 7 heteroatoms. The van der Waals surface area contributed by atoms with E-state index in [9.17, 15) is 9.59 Å². The number of aliphatic carboxylic acids is 1. The molecule has 0 radical (unpaired) electrons. The van der Waals surface area contributed by atoms with Gasteiger partial charge in [-0.05, 0) is 25.2 Å². The van der Waals surface area contributed by atoms with Crippen LogP contribution in [-0.2, 0) is 4.79 Å². The third-order valence-electron chi connectivity index (χ3n) is 4.03. The fourth-order valence-corrected chi connectivity index (χ4v) is 3.56. The molecule has 2 fully saturated rings. The fourth-order valence-electron chi connectivity index (χ4n) is 2.78. The third-order valence-corrected chi connectivity index (χ3v) is 4.80. The summed E-state index contributed by atoms with van der Waals surface area (Å²) in [6, 6.07) is -0.246. The molecule has 1 aromatic rings. The number of anilines is 1. The predicted molar refractivity (Wildman–Crippen MR) is 79.6 cm³/mol. The Bertz CT molecular complexity index is 555. The van der Waals surface area contributed by atoms with Gasteiger partial charge in [0.25, 0.3) is 0 Å². The lowest BCUT2D eigenvalue weighted by Gasteiger charge is -2.34. The zero-order valence-corrected chi connectivity index (χ0v) is 12.7. The highest BCUT2D eigenvalue weighted by molar-refractivity contribution is 7.13. The summed E-state index contributed by atoms with van der Waals surface area (Å²) in [7, 11) is 0. The van der Waals surface area contributed by atoms with E-state index in [4.69, 9.17) is 5.11 Å². The molecule has 0 bridgehead atoms. The van der Waals surface area contributed by atoms with Gasteiger partial charge in [-0.2, -0.15) is 0 Å². The second-order valence-corrected chi connectivity index (χ2v) is 6.92. The lowest BCUT2D eigenvalue weighted by atomic mass is 9.91. The fraction of sp³-hybridized carbons (Fsp3) is 0.643. The van der Waals surface area contributed by atoms with Crippen LogP contribution in [0.1, 0.15) is 37.8 Å². The van der Waals surface area contributed by atoms with Crippen molar-refractivity contribution >= 4 is 28.5 Å². The zero-order valence-electron chi connectivity index (χ0n) is 11.9. The van der Waals surface area contributed by atoms with E-state index in [0.717, 1.165) is 5.69 Å². The number of nitrogens with zero attached hydrogens (tertiary/aromatic N) is 2. The molecule has 2 aliphatic rings. The molecule has 1 aliphatic carbocycles. The van der Waals surface area contributed by atoms with Gasteiger partial charge in [-0.3, -0.25) is 10.1 Å². The van der Waals surface area contributed by atoms with Crippen molar-refractivity contribution in [1.82, 2.24) is 9.88 Å². The monoisotopic (exact) mass is 309 g/mol. The van der Waals surface area contributed by atoms with Crippen molar-refractivity contribution in [3.8, 4) is 0 Å². The molecule has 0 spiro atoms. The second kappa shape index (κ2) is 5.63. The number of likely N-dealkylation sites (tertiary alicyclic amines) is 1. The Labute approximate surface area is 127 Å². The number of carbonyl (C=O) groups excluding carboxylic acids is 1. The highest BCUT2D eigenvalue weighted by atomic mass is 32.1. The van der Waals surface area contributed by atoms with E-state index < -0.39 is 11.9 Å². The van der Waals surface area contributed by atoms with E-state index >= 15 is 0 Å². The minimum Gasteiger partial charge on any atom is -0.481 e. The first-order valence-electron chi connectivity index (χ1n) is 7.27. The number of thiazole rings is 1. The molecule has 2 amide bonds. The lowest BCUT2D eigenvalue weighted by molar-refractivity contribution is -0.143. The van der Waals surface area contributed by atoms with Crippen molar-refractivity contribution in [3.63, 3.8) is 0 Å². The number of amides is 2. The number of nitrogens with one attached hydrogen (secondary N) is 1. The molecule has 1 aromatic heterocycles. The topological polar surface area (TPSA) is 82.5 Å². The summed E-state index contributed by atoms with van der Waals surface area (Å²) in [6.07, 6.45) is 2.99. The summed E-state index contributed by atoms with van der Waals surface area (Å²) < 4.78 is 0. The van der Waals surface area contributed by atoms with Crippen LogP contribution >= 0.6 is 11.3 Å². The van der Waals surface area contributed by atoms with Gasteiger partial charge in [0.05, 0.1) is 11.6 Å². The Morgan fingerprint density at radius 2 is 2.19 bits per heavy atom. The van der Waals surface area contributed by atoms with Crippen LogP contribution in [0.2, 0.25) is 0 Å². The van der Waals surface area contributed by atoms with Crippen molar-refractivity contribution in [2.24, 2.45) is 11.8 Å². The number of rotatable bonds is 3. The maximum atomic E-state index is 12.3. The van der Waals surface area contributed by atoms with Crippen molar-refractivity contribution in [2.45, 2.75) is 32.1 Å². The van der Waals surface area contributed by atoms with E-state index in [-0.39, 0.29) is 18.5 Å². The summed E-state index contributed by atoms with van der Waals surface area (Å²) in [6.45, 7) is 2.84. The van der Waals surface area contributed by atoms with E-state index in [1.54, 1.807) is 4.90 Å². The number of carbonyl (C=O) groups is 2. The molecule has 6 nitrogen and oxygen atoms in total. The highest BCUT2D eigenvalue weighted by Crippen LogP contribution is 2.40. The van der Waals surface area contributed by atoms with Gasteiger partial charge in [0.2, 0.25) is 0 Å². The Morgan fingerprint density at radius 1 is 1.43 bits per heavy atom. The average Bonchev–Trinajstić information content (AvgIpc) is 3.19. The summed E-state index contributed by atoms with van der Waals surface area (Å²) in [5.74, 6) is -0.537. The number of aromatic nitrogens is 1. The minimum absolute atomic E-state index is 0.198. The third kappa shape index (κ3) is 3.34. The number of carboxylic acids is 1. The number of carboxylic acid groups (broad SMARTS) is 1. The largest absolute Gasteiger partial charge is 0.481 e. The summed E-state index contributed by atoms with van der Waals surface area (Å²) in [5.41, 5.74) is 1.06. The molecule has 3 rings (SSSR count). The van der Waals surface area contributed by atoms with Crippen LogP contribution in [0.4, 0.5) is 9.93 Å². The highest BCUT2D eigenvalue weighted by Gasteiger charge is 2.32. The van der Waals surface area contributed by atoms with Gasteiger partial charge in [-0.25, -0.2) is 9.78 Å². The standard InChI is InChI=1S/C14H19N3O3S/c1-8-4-10(12(18)19)6-17(5-8)14(20)16-13-15-11(7-21-13)9-2-3-9/h7-10H,2-6H2,1H3,(H,18,19)(H,15,16,20). The Kier molecular flexibility index (Phi) is 3.84. The van der Waals surface area contributed by atoms with E-state index in [0.29, 0.717) is 24.0 Å². The summed E-state index contributed by atoms with van der Waals surface area (Å²) in [4.78, 5) is 29.4. The van der Waals surface area contributed by atoms with Gasteiger partial charge in [0.15, 0.2) is 5.13 Å². The van der Waals surface area contributed by atoms with Crippen LogP contribution in [-0.4, -0.2) is 40.1 Å². The number of urea groups is 1. The summed E-state index contributed by atoms with van der Waals surface area (Å²) in [5, 5.41) is 14.5. The molecular weight excluding hydrogens is 290 g/mol. The van der Waals surface area contributed by atoms with Crippen molar-refractivity contribution < 1.29 is 14.7 Å². The van der Waals surface area contributed by atoms with Crippen LogP contribution in [0.3, 0.4) is 0 Å². The first-order chi connectivity index (χ1) is 10.0. The molecule has 1 saturated heterocycles. The van der Waals surface area contributed by atoms with Crippen LogP contribution in [0.5, 0.6) is 0 Å². The quantitative estimate of drug-likeness (QED) is 0.899. The Morgan fingerprint density at radius 3 is 2.86 bits per heavy atom. The van der Waals surface area contributed by atoms with Crippen LogP contribution < -0.4 is 5.32 Å². The smallest absolute Gasteiger partial charge is 0.323 e. The van der Waals surface area contributed by atoms with E-state index in [2.05, 4.69) is 10.3 Å². The number of piperidine rings is 1. The Balaban J connectivity index is 1.61. The van der Waals surface area contributed by atoms with E-state index in [1.165, 1.54) is 24.2 Å². The minimum atomic E-state index is -0.829. The first-order valence-corrected chi connectivity index (χ1v) is 8.15. The zero-order chi connectivity index (χ0) is 15.0. The normalized spacial score (nSPS) is 25.7. The molecular formula is C14H19N3O3S. The predicted octanol–water partition coefficient (Wildman–Crippen LogP) is 2.60. The molecule has 21 heavy (non-hydrogen) atoms. The molecule has 2 heterocycles. The second-order valence-electron chi connectivity index (χ2n) is 6.06. The molecule has 2 N–H and O–H groups in total. The molecule has 2 unspecified atom stereocenters. The maximum Gasteiger partial charge on any atom is 0.323 e. The molecule has 114 valence electrons. The van der Waals surface area contributed by atoms with Gasteiger partial charge in [0.1, 0.15) is 0 Å². The molecule has 0 aromatic carbocycles. The lowest BCUT2D eigenvalue weighted by Crippen LogP contribution is -2.47. The van der Waals surface area contributed by atoms with Crippen molar-refractivity contribution in [2.75, 3.05) is 18.4 Å². The van der Waals surface area contributed by atoms with Gasteiger partial charge < -0.3 is 10.0 Å². The number of hydrogen-bond acceptors (Lipinski definition) is 4. The van der Waals surface area contributed by atoms with Crippen LogP contribution in [0.15, 0.2) is 5.38 Å². The van der Waals surface area contributed by atoms with Crippen LogP contribution in [0.25, 0.3) is 0 Å². The molecule has 1 saturated carbocycles. The first kappa shape index (κ1) is 14.3. The van der Waals surface area contributed by atoms with Crippen LogP contribution in [0, 0.1) is 11.8 Å². The summed E-state index contributed by atoms with van der Waals surface area (Å²) >= 11 is 1.43. The molecule has 1 aliphatic heterocycles. The van der Waals surface area contributed by atoms with Gasteiger partial charge in [-0.15, -0.1) is 11.3 Å². The molecule has 2 atom stereocenters. The number of hydrogen-bond donors (Lipinski definition) is 2. The van der Waals surface area contributed by atoms with E-state index in [1.807, 2.05) is 12.3 Å². The van der Waals surface area contributed by atoms with Gasteiger partial charge in [-0.1, -0.05) is 6.92 Å². The average molecular weight is 309 g/mol. The Hall–Kier alpha value is -1.63. The SMILES string of the molecule is CC1CC(C(=O)O)CN(C(=O)Nc2nc(C3CC3)cs2)C1. The van der Waals surface area contributed by atoms with Crippen molar-refractivity contribution in [3.05, 3.63) is 11.1 Å². The maximum absolute atomic E-state index is 12.3. The van der Waals surface area contributed by atoms with Gasteiger partial charge >= 0.3 is 12.0 Å².